The molecule has 82 valence electrons. The first kappa shape index (κ1) is 11.3. The van der Waals surface area contributed by atoms with Gasteiger partial charge in [-0.1, -0.05) is 0 Å². The minimum Gasteiger partial charge on any atom is -0.478 e. The van der Waals surface area contributed by atoms with Gasteiger partial charge in [-0.2, -0.15) is 0 Å². The summed E-state index contributed by atoms with van der Waals surface area (Å²) in [6, 6.07) is 0. The quantitative estimate of drug-likeness (QED) is 0.523. The van der Waals surface area contributed by atoms with Gasteiger partial charge < -0.3 is 15.7 Å². The summed E-state index contributed by atoms with van der Waals surface area (Å²) in [4.78, 5) is 23.4. The molecule has 1 heterocycles. The molecule has 1 rings (SSSR count). The van der Waals surface area contributed by atoms with Crippen LogP contribution in [0.2, 0.25) is 0 Å². The fourth-order valence-corrected chi connectivity index (χ4v) is 1.35. The summed E-state index contributed by atoms with van der Waals surface area (Å²) >= 11 is 0. The molecule has 0 aliphatic carbocycles. The number of carbonyl (C=O) groups is 2. The summed E-state index contributed by atoms with van der Waals surface area (Å²) in [5, 5.41) is 8.67. The lowest BCUT2D eigenvalue weighted by Gasteiger charge is -2.22. The average Bonchev–Trinajstić information content (AvgIpc) is 2.21. The Hall–Kier alpha value is -1.78. The van der Waals surface area contributed by atoms with Crippen molar-refractivity contribution < 1.29 is 14.7 Å². The van der Waals surface area contributed by atoms with Crippen LogP contribution in [-0.2, 0) is 9.59 Å². The minimum atomic E-state index is -1.10. The third kappa shape index (κ3) is 3.12. The molecule has 0 aromatic heterocycles. The summed E-state index contributed by atoms with van der Waals surface area (Å²) in [6.45, 7) is 0.646. The van der Waals surface area contributed by atoms with Gasteiger partial charge in [0.25, 0.3) is 0 Å². The first-order valence-corrected chi connectivity index (χ1v) is 4.78. The molecule has 5 nitrogen and oxygen atoms in total. The van der Waals surface area contributed by atoms with Gasteiger partial charge in [-0.05, 0) is 18.9 Å². The number of carboxylic acid groups (broad SMARTS) is 1. The van der Waals surface area contributed by atoms with Crippen molar-refractivity contribution in [3.8, 4) is 0 Å². The predicted octanol–water partition coefficient (Wildman–Crippen LogP) is 0.440. The number of nitrogens with zero attached hydrogens (tertiary/aromatic N) is 1. The molecule has 15 heavy (non-hydrogen) atoms. The molecule has 5 heteroatoms. The number of nitrogens with two attached hydrogens (primary N) is 1. The third-order valence-electron chi connectivity index (χ3n) is 2.22. The second-order valence-corrected chi connectivity index (χ2v) is 3.29. The van der Waals surface area contributed by atoms with Crippen molar-refractivity contribution in [2.75, 3.05) is 6.54 Å². The van der Waals surface area contributed by atoms with Crippen molar-refractivity contribution in [2.24, 2.45) is 5.73 Å². The van der Waals surface area contributed by atoms with E-state index in [1.165, 1.54) is 17.2 Å². The average molecular weight is 210 g/mol. The fourth-order valence-electron chi connectivity index (χ4n) is 1.35. The van der Waals surface area contributed by atoms with E-state index in [1.807, 2.05) is 0 Å². The number of rotatable bonds is 3. The van der Waals surface area contributed by atoms with Gasteiger partial charge in [0.05, 0.1) is 5.57 Å². The Bertz CT molecular complexity index is 321. The fraction of sp³-hybridized carbons (Fsp3) is 0.400. The Balaban J connectivity index is 2.63. The van der Waals surface area contributed by atoms with Crippen LogP contribution in [0.3, 0.4) is 0 Å². The molecule has 0 atom stereocenters. The molecule has 0 unspecified atom stereocenters. The Morgan fingerprint density at radius 1 is 1.47 bits per heavy atom. The molecule has 1 aliphatic heterocycles. The Kier molecular flexibility index (Phi) is 3.91. The molecule has 0 saturated carbocycles. The summed E-state index contributed by atoms with van der Waals surface area (Å²) in [5.74, 6) is -1.07. The number of hydrogen-bond donors (Lipinski definition) is 2. The molecule has 1 saturated heterocycles. The van der Waals surface area contributed by atoms with E-state index >= 15 is 0 Å². The van der Waals surface area contributed by atoms with E-state index in [9.17, 15) is 9.59 Å². The van der Waals surface area contributed by atoms with Gasteiger partial charge in [0, 0.05) is 25.4 Å². The minimum absolute atomic E-state index is 0.0200. The standard InChI is InChI=1S/C10H14N2O3/c11-7-8(10(14)15)4-6-12-5-2-1-3-9(12)13/h4,6-7H,1-3,5,11H2,(H,14,15)/b6-4+,8-7+. The predicted molar refractivity (Wildman–Crippen MR) is 54.6 cm³/mol. The Morgan fingerprint density at radius 3 is 2.73 bits per heavy atom. The lowest BCUT2D eigenvalue weighted by atomic mass is 10.1. The molecule has 0 bridgehead atoms. The monoisotopic (exact) mass is 210 g/mol. The maximum atomic E-state index is 11.3. The van der Waals surface area contributed by atoms with Crippen molar-refractivity contribution >= 4 is 11.9 Å². The zero-order valence-electron chi connectivity index (χ0n) is 8.35. The molecule has 1 aliphatic rings. The molecule has 0 aromatic rings. The first-order chi connectivity index (χ1) is 7.15. The van der Waals surface area contributed by atoms with Crippen molar-refractivity contribution in [2.45, 2.75) is 19.3 Å². The molecule has 0 aromatic carbocycles. The van der Waals surface area contributed by atoms with E-state index < -0.39 is 5.97 Å². The van der Waals surface area contributed by atoms with Crippen LogP contribution in [0.15, 0.2) is 24.0 Å². The van der Waals surface area contributed by atoms with Crippen molar-refractivity contribution in [3.05, 3.63) is 24.0 Å². The maximum absolute atomic E-state index is 11.3. The van der Waals surface area contributed by atoms with Gasteiger partial charge in [-0.25, -0.2) is 4.79 Å². The van der Waals surface area contributed by atoms with Gasteiger partial charge in [-0.3, -0.25) is 4.79 Å². The second-order valence-electron chi connectivity index (χ2n) is 3.29. The molecule has 1 fully saturated rings. The van der Waals surface area contributed by atoms with E-state index in [0.717, 1.165) is 19.0 Å². The van der Waals surface area contributed by atoms with E-state index in [2.05, 4.69) is 0 Å². The van der Waals surface area contributed by atoms with Crippen LogP contribution >= 0.6 is 0 Å². The molecule has 0 radical (unpaired) electrons. The number of carbonyl (C=O) groups excluding carboxylic acids is 1. The number of hydrogen-bond acceptors (Lipinski definition) is 3. The second kappa shape index (κ2) is 5.19. The van der Waals surface area contributed by atoms with Crippen LogP contribution in [0, 0.1) is 0 Å². The van der Waals surface area contributed by atoms with Gasteiger partial charge in [0.2, 0.25) is 5.91 Å². The number of likely N-dealkylation sites (tertiary alicyclic amines) is 1. The Labute approximate surface area is 87.9 Å². The topological polar surface area (TPSA) is 83.6 Å². The van der Waals surface area contributed by atoms with Gasteiger partial charge in [-0.15, -0.1) is 0 Å². The van der Waals surface area contributed by atoms with Gasteiger partial charge in [0.1, 0.15) is 0 Å². The maximum Gasteiger partial charge on any atom is 0.337 e. The van der Waals surface area contributed by atoms with Crippen molar-refractivity contribution in [3.63, 3.8) is 0 Å². The van der Waals surface area contributed by atoms with Crippen LogP contribution in [0.4, 0.5) is 0 Å². The lowest BCUT2D eigenvalue weighted by Crippen LogP contribution is -2.30. The first-order valence-electron chi connectivity index (χ1n) is 4.78. The smallest absolute Gasteiger partial charge is 0.337 e. The van der Waals surface area contributed by atoms with Crippen LogP contribution in [0.25, 0.3) is 0 Å². The molecule has 0 spiro atoms. The SMILES string of the molecule is N/C=C(\C=C\N1CCCCC1=O)C(=O)O. The number of carboxylic acids is 1. The normalized spacial score (nSPS) is 18.5. The zero-order valence-corrected chi connectivity index (χ0v) is 8.35. The van der Waals surface area contributed by atoms with E-state index in [1.54, 1.807) is 0 Å². The van der Waals surface area contributed by atoms with Crippen LogP contribution < -0.4 is 5.73 Å². The van der Waals surface area contributed by atoms with Crippen LogP contribution in [0.1, 0.15) is 19.3 Å². The molecule has 1 amide bonds. The van der Waals surface area contributed by atoms with Crippen molar-refractivity contribution in [1.29, 1.82) is 0 Å². The highest BCUT2D eigenvalue weighted by Gasteiger charge is 2.15. The highest BCUT2D eigenvalue weighted by Crippen LogP contribution is 2.11. The zero-order chi connectivity index (χ0) is 11.3. The summed E-state index contributed by atoms with van der Waals surface area (Å²) in [7, 11) is 0. The third-order valence-corrected chi connectivity index (χ3v) is 2.22. The highest BCUT2D eigenvalue weighted by atomic mass is 16.4. The molecule has 3 N–H and O–H groups in total. The number of piperidine rings is 1. The summed E-state index contributed by atoms with van der Waals surface area (Å²) in [5.41, 5.74) is 5.11. The molecular formula is C10H14N2O3. The lowest BCUT2D eigenvalue weighted by molar-refractivity contribution is -0.132. The summed E-state index contributed by atoms with van der Waals surface area (Å²) in [6.07, 6.45) is 6.21. The number of amides is 1. The largest absolute Gasteiger partial charge is 0.478 e. The van der Waals surface area contributed by atoms with E-state index in [-0.39, 0.29) is 11.5 Å². The Morgan fingerprint density at radius 2 is 2.20 bits per heavy atom. The van der Waals surface area contributed by atoms with E-state index in [0.29, 0.717) is 13.0 Å². The molecular weight excluding hydrogens is 196 g/mol. The number of aliphatic carboxylic acids is 1. The van der Waals surface area contributed by atoms with Gasteiger partial charge in [0.15, 0.2) is 0 Å². The van der Waals surface area contributed by atoms with E-state index in [4.69, 9.17) is 10.8 Å². The van der Waals surface area contributed by atoms with Crippen LogP contribution in [-0.4, -0.2) is 28.4 Å². The van der Waals surface area contributed by atoms with Gasteiger partial charge >= 0.3 is 5.97 Å². The van der Waals surface area contributed by atoms with Crippen molar-refractivity contribution in [1.82, 2.24) is 4.90 Å². The van der Waals surface area contributed by atoms with Crippen LogP contribution in [0.5, 0.6) is 0 Å². The highest BCUT2D eigenvalue weighted by molar-refractivity contribution is 5.89. The summed E-state index contributed by atoms with van der Waals surface area (Å²) < 4.78 is 0.